The van der Waals surface area contributed by atoms with Crippen LogP contribution in [0.15, 0.2) is 60.9 Å². The molecule has 180 valence electrons. The van der Waals surface area contributed by atoms with Crippen LogP contribution < -0.4 is 0 Å². The molecule has 11 heteroatoms. The molecule has 33 heavy (non-hydrogen) atoms. The van der Waals surface area contributed by atoms with Crippen LogP contribution in [-0.4, -0.2) is 19.3 Å². The van der Waals surface area contributed by atoms with Gasteiger partial charge in [-0.2, -0.15) is 0 Å². The van der Waals surface area contributed by atoms with Gasteiger partial charge in [0.15, 0.2) is 0 Å². The van der Waals surface area contributed by atoms with Crippen LogP contribution in [0.3, 0.4) is 0 Å². The standard InChI is InChI=1S/C10H7Cl2N.C10H8ClNO.C2H6.Cl2OS.ClH/c11-5-9-8-4-2-1-3-7(8)6-13-10(9)12;11-10-9(6-13)8-4-2-1-3-7(8)5-12-10;1-2;1-4(2)3;/h1-4,6H,5H2;1-5,13H,6H2;1-2H3;;1H/i;;1D;;. The second-order valence-electron chi connectivity index (χ2n) is 5.71. The number of alkyl halides is 1. The molecule has 0 saturated carbocycles. The van der Waals surface area contributed by atoms with Gasteiger partial charge in [0.25, 0.3) is 0 Å². The van der Waals surface area contributed by atoms with Gasteiger partial charge in [-0.15, -0.1) is 24.0 Å². The van der Waals surface area contributed by atoms with Crippen molar-refractivity contribution in [1.29, 1.82) is 0 Å². The highest BCUT2D eigenvalue weighted by atomic mass is 36.0. The molecule has 2 aromatic heterocycles. The molecular weight excluding hydrogens is 569 g/mol. The van der Waals surface area contributed by atoms with Crippen molar-refractivity contribution >= 4 is 99.3 Å². The molecular formula is C22H22Cl6N2O2S. The monoisotopic (exact) mass is 589 g/mol. The van der Waals surface area contributed by atoms with Gasteiger partial charge in [-0.05, 0) is 10.8 Å². The number of aliphatic hydroxyl groups excluding tert-OH is 1. The molecule has 1 N–H and O–H groups in total. The lowest BCUT2D eigenvalue weighted by Crippen LogP contribution is -1.90. The van der Waals surface area contributed by atoms with E-state index in [0.29, 0.717) is 28.6 Å². The van der Waals surface area contributed by atoms with E-state index in [2.05, 4.69) is 31.3 Å². The minimum absolute atomic E-state index is 0. The third-order valence-electron chi connectivity index (χ3n) is 4.00. The summed E-state index contributed by atoms with van der Waals surface area (Å²) in [6, 6.07) is 15.6. The van der Waals surface area contributed by atoms with Gasteiger partial charge in [-0.1, -0.05) is 85.6 Å². The molecule has 2 heterocycles. The van der Waals surface area contributed by atoms with Crippen LogP contribution in [-0.2, 0) is 21.7 Å². The number of pyridine rings is 2. The predicted octanol–water partition coefficient (Wildman–Crippen LogP) is 8.50. The molecule has 0 aliphatic rings. The van der Waals surface area contributed by atoms with E-state index in [9.17, 15) is 0 Å². The summed E-state index contributed by atoms with van der Waals surface area (Å²) in [7, 11) is 7.36. The van der Waals surface area contributed by atoms with E-state index in [-0.39, 0.29) is 19.0 Å². The summed E-state index contributed by atoms with van der Waals surface area (Å²) in [6.45, 7) is 2.22. The zero-order valence-corrected chi connectivity index (χ0v) is 22.8. The average Bonchev–Trinajstić information content (AvgIpc) is 2.79. The molecule has 0 aliphatic carbocycles. The Kier molecular flexibility index (Phi) is 16.0. The van der Waals surface area contributed by atoms with Gasteiger partial charge in [-0.3, -0.25) is 0 Å². The lowest BCUT2D eigenvalue weighted by atomic mass is 10.1. The third kappa shape index (κ3) is 10.1. The zero-order valence-electron chi connectivity index (χ0n) is 18.4. The quantitative estimate of drug-likeness (QED) is 0.144. The summed E-state index contributed by atoms with van der Waals surface area (Å²) in [5.41, 5.74) is 1.60. The van der Waals surface area contributed by atoms with Gasteiger partial charge in [0, 0.05) is 57.0 Å². The summed E-state index contributed by atoms with van der Waals surface area (Å²) < 4.78 is 15.3. The van der Waals surface area contributed by atoms with E-state index in [1.54, 1.807) is 19.3 Å². The maximum atomic E-state index is 9.09. The summed E-state index contributed by atoms with van der Waals surface area (Å²) in [6.07, 6.45) is 3.46. The molecule has 0 bridgehead atoms. The van der Waals surface area contributed by atoms with Crippen LogP contribution in [0.25, 0.3) is 21.5 Å². The average molecular weight is 592 g/mol. The number of fused-ring (bicyclic) bond motifs is 2. The largest absolute Gasteiger partial charge is 0.392 e. The second-order valence-corrected chi connectivity index (χ2v) is 9.21. The first-order valence-electron chi connectivity index (χ1n) is 9.75. The molecule has 4 aromatic rings. The first-order valence-corrected chi connectivity index (χ1v) is 13.1. The fraction of sp³-hybridized carbons (Fsp3) is 0.182. The van der Waals surface area contributed by atoms with Crippen molar-refractivity contribution in [2.24, 2.45) is 0 Å². The SMILES string of the molecule is Cl.ClCc1c(Cl)ncc2ccccc12.O=S(Cl)Cl.OCc1c(Cl)ncc2ccccc12.[2H]CC. The summed E-state index contributed by atoms with van der Waals surface area (Å²) in [5, 5.41) is 14.1. The molecule has 0 saturated heterocycles. The highest BCUT2D eigenvalue weighted by Gasteiger charge is 2.05. The molecule has 0 spiro atoms. The normalized spacial score (nSPS) is 10.0. The number of rotatable bonds is 2. The lowest BCUT2D eigenvalue weighted by molar-refractivity contribution is 0.283. The number of hydrogen-bond acceptors (Lipinski definition) is 4. The van der Waals surface area contributed by atoms with Crippen molar-refractivity contribution in [2.75, 3.05) is 0 Å². The molecule has 0 unspecified atom stereocenters. The molecule has 4 rings (SSSR count). The summed E-state index contributed by atoms with van der Waals surface area (Å²) in [5.74, 6) is 0.396. The predicted molar refractivity (Wildman–Crippen MR) is 147 cm³/mol. The van der Waals surface area contributed by atoms with E-state index in [4.69, 9.17) is 45.5 Å². The number of hydrogen-bond donors (Lipinski definition) is 1. The fourth-order valence-electron chi connectivity index (χ4n) is 2.68. The minimum Gasteiger partial charge on any atom is -0.392 e. The van der Waals surface area contributed by atoms with Crippen LogP contribution in [0.2, 0.25) is 10.3 Å². The Balaban J connectivity index is 0.000000494. The molecule has 0 amide bonds. The zero-order chi connectivity index (χ0) is 24.8. The summed E-state index contributed by atoms with van der Waals surface area (Å²) in [4.78, 5) is 8.04. The van der Waals surface area contributed by atoms with Crippen molar-refractivity contribution in [3.05, 3.63) is 82.4 Å². The molecule has 2 aromatic carbocycles. The topological polar surface area (TPSA) is 63.1 Å². The maximum absolute atomic E-state index is 9.09. The minimum atomic E-state index is -1.67. The van der Waals surface area contributed by atoms with Gasteiger partial charge in [-0.25, -0.2) is 14.2 Å². The smallest absolute Gasteiger partial charge is 0.211 e. The van der Waals surface area contributed by atoms with Crippen molar-refractivity contribution in [2.45, 2.75) is 26.3 Å². The number of aromatic nitrogens is 2. The Morgan fingerprint density at radius 1 is 0.909 bits per heavy atom. The van der Waals surface area contributed by atoms with E-state index in [1.807, 2.05) is 48.5 Å². The summed E-state index contributed by atoms with van der Waals surface area (Å²) >= 11 is 17.5. The Hall–Kier alpha value is -0.890. The van der Waals surface area contributed by atoms with Gasteiger partial charge in [0.2, 0.25) is 9.23 Å². The lowest BCUT2D eigenvalue weighted by Gasteiger charge is -2.04. The van der Waals surface area contributed by atoms with Crippen LogP contribution in [0.5, 0.6) is 0 Å². The van der Waals surface area contributed by atoms with E-state index < -0.39 is 9.23 Å². The highest BCUT2D eigenvalue weighted by molar-refractivity contribution is 8.26. The number of halogens is 6. The Bertz CT molecular complexity index is 1100. The highest BCUT2D eigenvalue weighted by Crippen LogP contribution is 2.25. The van der Waals surface area contributed by atoms with Crippen molar-refractivity contribution in [3.8, 4) is 0 Å². The van der Waals surface area contributed by atoms with E-state index in [0.717, 1.165) is 27.1 Å². The fourth-order valence-corrected chi connectivity index (χ4v) is 3.44. The van der Waals surface area contributed by atoms with Gasteiger partial charge >= 0.3 is 0 Å². The van der Waals surface area contributed by atoms with Crippen LogP contribution in [0.4, 0.5) is 0 Å². The van der Waals surface area contributed by atoms with Crippen LogP contribution in [0.1, 0.15) is 26.3 Å². The molecule has 0 fully saturated rings. The van der Waals surface area contributed by atoms with Crippen LogP contribution >= 0.6 is 68.6 Å². The Morgan fingerprint density at radius 3 is 1.67 bits per heavy atom. The maximum Gasteiger partial charge on any atom is 0.211 e. The second kappa shape index (κ2) is 17.5. The number of aliphatic hydroxyl groups is 1. The van der Waals surface area contributed by atoms with Gasteiger partial charge in [0.05, 0.1) is 12.5 Å². The molecule has 0 radical (unpaired) electrons. The number of benzene rings is 2. The Labute approximate surface area is 227 Å². The first-order chi connectivity index (χ1) is 15.8. The van der Waals surface area contributed by atoms with Crippen molar-refractivity contribution < 1.29 is 10.7 Å². The van der Waals surface area contributed by atoms with Crippen molar-refractivity contribution in [3.63, 3.8) is 0 Å². The third-order valence-corrected chi connectivity index (χ3v) is 4.91. The van der Waals surface area contributed by atoms with Crippen molar-refractivity contribution in [1.82, 2.24) is 9.97 Å². The first kappa shape index (κ1) is 30.1. The number of nitrogens with zero attached hydrogens (tertiary/aromatic N) is 2. The van der Waals surface area contributed by atoms with Crippen LogP contribution in [0, 0.1) is 0 Å². The molecule has 0 atom stereocenters. The Morgan fingerprint density at radius 2 is 1.27 bits per heavy atom. The van der Waals surface area contributed by atoms with E-state index in [1.165, 1.54) is 0 Å². The molecule has 4 nitrogen and oxygen atoms in total. The van der Waals surface area contributed by atoms with Gasteiger partial charge < -0.3 is 5.11 Å². The molecule has 0 aliphatic heterocycles. The van der Waals surface area contributed by atoms with E-state index >= 15 is 0 Å². The van der Waals surface area contributed by atoms with Gasteiger partial charge in [0.1, 0.15) is 10.3 Å².